The van der Waals surface area contributed by atoms with Crippen LogP contribution >= 0.6 is 0 Å². The molecule has 6 heteroatoms. The summed E-state index contributed by atoms with van der Waals surface area (Å²) in [6, 6.07) is 0. The summed E-state index contributed by atoms with van der Waals surface area (Å²) >= 11 is 0. The molecule has 90 valence electrons. The van der Waals surface area contributed by atoms with Crippen LogP contribution in [-0.4, -0.2) is 45.0 Å². The first kappa shape index (κ1) is 14.3. The molecule has 0 aliphatic rings. The van der Waals surface area contributed by atoms with Gasteiger partial charge in [-0.2, -0.15) is 0 Å². The monoisotopic (exact) mass is 220 g/mol. The van der Waals surface area contributed by atoms with Gasteiger partial charge in [0.1, 0.15) is 0 Å². The maximum Gasteiger partial charge on any atom is 0.265 e. The van der Waals surface area contributed by atoms with Gasteiger partial charge in [0.25, 0.3) is 5.91 Å². The molecule has 15 heavy (non-hydrogen) atoms. The summed E-state index contributed by atoms with van der Waals surface area (Å²) in [6.07, 6.45) is -0.534. The molecule has 1 atom stereocenters. The highest BCUT2D eigenvalue weighted by molar-refractivity contribution is 5.80. The molecule has 0 rings (SSSR count). The van der Waals surface area contributed by atoms with Crippen molar-refractivity contribution in [1.82, 2.24) is 5.43 Å². The minimum absolute atomic E-state index is 0.151. The number of carbonyl (C=O) groups excluding carboxylic acids is 1. The molecular formula is C9H20N2O4. The Bertz CT molecular complexity index is 175. The number of hydrazine groups is 1. The second-order valence-corrected chi connectivity index (χ2v) is 3.24. The summed E-state index contributed by atoms with van der Waals surface area (Å²) in [5, 5.41) is 0. The second-order valence-electron chi connectivity index (χ2n) is 3.24. The standard InChI is InChI=1S/C9H20N2O4/c1-7(2)14-4-5-15-8(6-13-3)9(12)11-10/h7-8H,4-6,10H2,1-3H3,(H,11,12). The van der Waals surface area contributed by atoms with E-state index in [0.29, 0.717) is 13.2 Å². The van der Waals surface area contributed by atoms with Crippen LogP contribution in [0.3, 0.4) is 0 Å². The Labute approximate surface area is 90.0 Å². The summed E-state index contributed by atoms with van der Waals surface area (Å²) in [5.74, 6) is 4.59. The van der Waals surface area contributed by atoms with Gasteiger partial charge in [-0.05, 0) is 13.8 Å². The van der Waals surface area contributed by atoms with Crippen molar-refractivity contribution in [3.05, 3.63) is 0 Å². The fourth-order valence-electron chi connectivity index (χ4n) is 0.918. The second kappa shape index (κ2) is 8.60. The summed E-state index contributed by atoms with van der Waals surface area (Å²) in [6.45, 7) is 4.80. The predicted molar refractivity (Wildman–Crippen MR) is 55.0 cm³/mol. The highest BCUT2D eigenvalue weighted by Crippen LogP contribution is 1.94. The number of methoxy groups -OCH3 is 1. The topological polar surface area (TPSA) is 82.8 Å². The van der Waals surface area contributed by atoms with E-state index in [0.717, 1.165) is 0 Å². The Kier molecular flexibility index (Phi) is 8.21. The van der Waals surface area contributed by atoms with Gasteiger partial charge in [-0.3, -0.25) is 10.2 Å². The van der Waals surface area contributed by atoms with Crippen molar-refractivity contribution >= 4 is 5.91 Å². The molecule has 0 aromatic heterocycles. The molecule has 0 saturated carbocycles. The average molecular weight is 220 g/mol. The molecule has 0 saturated heterocycles. The van der Waals surface area contributed by atoms with Crippen molar-refractivity contribution in [3.63, 3.8) is 0 Å². The van der Waals surface area contributed by atoms with E-state index >= 15 is 0 Å². The zero-order chi connectivity index (χ0) is 11.7. The maximum absolute atomic E-state index is 11.1. The molecule has 0 bridgehead atoms. The smallest absolute Gasteiger partial charge is 0.265 e. The van der Waals surface area contributed by atoms with Crippen molar-refractivity contribution in [2.24, 2.45) is 5.84 Å². The van der Waals surface area contributed by atoms with E-state index in [4.69, 9.17) is 20.1 Å². The van der Waals surface area contributed by atoms with E-state index in [2.05, 4.69) is 0 Å². The van der Waals surface area contributed by atoms with Gasteiger partial charge in [-0.1, -0.05) is 0 Å². The lowest BCUT2D eigenvalue weighted by atomic mass is 10.3. The quantitative estimate of drug-likeness (QED) is 0.248. The third-order valence-corrected chi connectivity index (χ3v) is 1.61. The maximum atomic E-state index is 11.1. The molecule has 0 radical (unpaired) electrons. The van der Waals surface area contributed by atoms with E-state index in [1.54, 1.807) is 0 Å². The highest BCUT2D eigenvalue weighted by Gasteiger charge is 2.17. The number of amides is 1. The summed E-state index contributed by atoms with van der Waals surface area (Å²) < 4.78 is 15.3. The van der Waals surface area contributed by atoms with Gasteiger partial charge < -0.3 is 14.2 Å². The molecule has 0 spiro atoms. The van der Waals surface area contributed by atoms with Gasteiger partial charge >= 0.3 is 0 Å². The molecule has 0 aromatic rings. The van der Waals surface area contributed by atoms with E-state index in [9.17, 15) is 4.79 Å². The van der Waals surface area contributed by atoms with Crippen molar-refractivity contribution < 1.29 is 19.0 Å². The highest BCUT2D eigenvalue weighted by atomic mass is 16.6. The number of rotatable bonds is 8. The van der Waals surface area contributed by atoms with Gasteiger partial charge in [0.05, 0.1) is 25.9 Å². The summed E-state index contributed by atoms with van der Waals surface area (Å²) in [7, 11) is 1.49. The molecule has 0 aromatic carbocycles. The van der Waals surface area contributed by atoms with Crippen molar-refractivity contribution in [3.8, 4) is 0 Å². The van der Waals surface area contributed by atoms with Gasteiger partial charge in [0.15, 0.2) is 6.10 Å². The number of nitrogens with two attached hydrogens (primary N) is 1. The molecular weight excluding hydrogens is 200 g/mol. The van der Waals surface area contributed by atoms with Crippen LogP contribution in [0.15, 0.2) is 0 Å². The van der Waals surface area contributed by atoms with Crippen LogP contribution in [0.25, 0.3) is 0 Å². The average Bonchev–Trinajstić information content (AvgIpc) is 2.21. The van der Waals surface area contributed by atoms with E-state index in [-0.39, 0.29) is 12.7 Å². The SMILES string of the molecule is COCC(OCCOC(C)C)C(=O)NN. The lowest BCUT2D eigenvalue weighted by Crippen LogP contribution is -2.43. The molecule has 1 amide bonds. The zero-order valence-corrected chi connectivity index (χ0v) is 9.49. The van der Waals surface area contributed by atoms with Gasteiger partial charge in [0, 0.05) is 7.11 Å². The number of carbonyl (C=O) groups is 1. The number of hydrogen-bond acceptors (Lipinski definition) is 5. The third-order valence-electron chi connectivity index (χ3n) is 1.61. The van der Waals surface area contributed by atoms with Crippen molar-refractivity contribution in [1.29, 1.82) is 0 Å². The molecule has 0 aliphatic carbocycles. The van der Waals surface area contributed by atoms with Crippen LogP contribution in [0.5, 0.6) is 0 Å². The number of nitrogens with one attached hydrogen (secondary N) is 1. The van der Waals surface area contributed by atoms with Crippen molar-refractivity contribution in [2.75, 3.05) is 26.9 Å². The Morgan fingerprint density at radius 1 is 1.33 bits per heavy atom. The minimum Gasteiger partial charge on any atom is -0.381 e. The molecule has 0 aliphatic heterocycles. The van der Waals surface area contributed by atoms with Gasteiger partial charge in [0.2, 0.25) is 0 Å². The van der Waals surface area contributed by atoms with Crippen LogP contribution in [0, 0.1) is 0 Å². The predicted octanol–water partition coefficient (Wildman–Crippen LogP) is -0.567. The Balaban J connectivity index is 3.71. The van der Waals surface area contributed by atoms with Gasteiger partial charge in [-0.25, -0.2) is 5.84 Å². The molecule has 0 fully saturated rings. The van der Waals surface area contributed by atoms with Crippen LogP contribution in [-0.2, 0) is 19.0 Å². The first-order valence-electron chi connectivity index (χ1n) is 4.84. The zero-order valence-electron chi connectivity index (χ0n) is 9.49. The lowest BCUT2D eigenvalue weighted by molar-refractivity contribution is -0.137. The first-order chi connectivity index (χ1) is 7.11. The van der Waals surface area contributed by atoms with E-state index in [1.807, 2.05) is 19.3 Å². The number of ether oxygens (including phenoxy) is 3. The first-order valence-corrected chi connectivity index (χ1v) is 4.84. The van der Waals surface area contributed by atoms with Crippen LogP contribution < -0.4 is 11.3 Å². The molecule has 3 N–H and O–H groups in total. The van der Waals surface area contributed by atoms with E-state index in [1.165, 1.54) is 7.11 Å². The van der Waals surface area contributed by atoms with Crippen LogP contribution in [0.1, 0.15) is 13.8 Å². The Hall–Kier alpha value is -0.690. The fraction of sp³-hybridized carbons (Fsp3) is 0.889. The lowest BCUT2D eigenvalue weighted by Gasteiger charge is -2.15. The number of hydrogen-bond donors (Lipinski definition) is 2. The summed E-state index contributed by atoms with van der Waals surface area (Å²) in [4.78, 5) is 11.1. The van der Waals surface area contributed by atoms with Crippen LogP contribution in [0.2, 0.25) is 0 Å². The van der Waals surface area contributed by atoms with Gasteiger partial charge in [-0.15, -0.1) is 0 Å². The third kappa shape index (κ3) is 7.26. The Morgan fingerprint density at radius 2 is 1.93 bits per heavy atom. The summed E-state index contributed by atoms with van der Waals surface area (Å²) in [5.41, 5.74) is 2.01. The largest absolute Gasteiger partial charge is 0.381 e. The normalized spacial score (nSPS) is 12.9. The molecule has 0 heterocycles. The Morgan fingerprint density at radius 3 is 2.40 bits per heavy atom. The fourth-order valence-corrected chi connectivity index (χ4v) is 0.918. The minimum atomic E-state index is -0.684. The molecule has 6 nitrogen and oxygen atoms in total. The van der Waals surface area contributed by atoms with Crippen molar-refractivity contribution in [2.45, 2.75) is 26.1 Å². The molecule has 1 unspecified atom stereocenters. The van der Waals surface area contributed by atoms with Crippen LogP contribution in [0.4, 0.5) is 0 Å². The van der Waals surface area contributed by atoms with E-state index < -0.39 is 12.0 Å².